The maximum Gasteiger partial charge on any atom is 0.140 e. The van der Waals surface area contributed by atoms with E-state index < -0.39 is 0 Å². The number of oxime groups is 1. The van der Waals surface area contributed by atoms with Gasteiger partial charge in [-0.15, -0.1) is 0 Å². The van der Waals surface area contributed by atoms with Gasteiger partial charge in [-0.25, -0.2) is 0 Å². The lowest BCUT2D eigenvalue weighted by atomic mass is 10.1. The van der Waals surface area contributed by atoms with E-state index in [1.54, 1.807) is 0 Å². The molecule has 1 fully saturated rings. The number of nitrogens with one attached hydrogen (secondary N) is 1. The van der Waals surface area contributed by atoms with Crippen molar-refractivity contribution in [2.75, 3.05) is 26.7 Å². The average molecular weight is 228 g/mol. The van der Waals surface area contributed by atoms with Gasteiger partial charge in [0.2, 0.25) is 0 Å². The second-order valence-electron chi connectivity index (χ2n) is 4.73. The third kappa shape index (κ3) is 4.37. The first kappa shape index (κ1) is 13.3. The molecule has 0 aromatic carbocycles. The summed E-state index contributed by atoms with van der Waals surface area (Å²) >= 11 is 0. The van der Waals surface area contributed by atoms with E-state index >= 15 is 0 Å². The molecule has 2 atom stereocenters. The lowest BCUT2D eigenvalue weighted by molar-refractivity contribution is 0.314. The SMILES string of the molecule is CCC(CC(N)=NO)NCC1CCN(C)C1. The summed E-state index contributed by atoms with van der Waals surface area (Å²) < 4.78 is 0. The molecule has 5 heteroatoms. The number of nitrogens with two attached hydrogens (primary N) is 1. The smallest absolute Gasteiger partial charge is 0.140 e. The summed E-state index contributed by atoms with van der Waals surface area (Å²) in [5.41, 5.74) is 5.51. The van der Waals surface area contributed by atoms with E-state index in [2.05, 4.69) is 29.3 Å². The molecular formula is C11H24N4O. The first-order chi connectivity index (χ1) is 7.65. The lowest BCUT2D eigenvalue weighted by Gasteiger charge is -2.19. The molecule has 2 unspecified atom stereocenters. The standard InChI is InChI=1S/C11H24N4O/c1-3-10(6-11(12)14-16)13-7-9-4-5-15(2)8-9/h9-10,13,16H,3-8H2,1-2H3,(H2,12,14). The number of amidine groups is 1. The maximum atomic E-state index is 8.52. The highest BCUT2D eigenvalue weighted by Gasteiger charge is 2.20. The average Bonchev–Trinajstić information content (AvgIpc) is 2.69. The van der Waals surface area contributed by atoms with Crippen molar-refractivity contribution in [1.29, 1.82) is 0 Å². The maximum absolute atomic E-state index is 8.52. The van der Waals surface area contributed by atoms with Gasteiger partial charge in [-0.05, 0) is 38.9 Å². The number of likely N-dealkylation sites (tertiary alicyclic amines) is 1. The largest absolute Gasteiger partial charge is 0.409 e. The molecule has 1 heterocycles. The summed E-state index contributed by atoms with van der Waals surface area (Å²) in [6.45, 7) is 5.51. The van der Waals surface area contributed by atoms with Crippen molar-refractivity contribution in [3.05, 3.63) is 0 Å². The molecule has 16 heavy (non-hydrogen) atoms. The number of nitrogens with zero attached hydrogens (tertiary/aromatic N) is 2. The zero-order valence-corrected chi connectivity index (χ0v) is 10.3. The Hall–Kier alpha value is -0.810. The highest BCUT2D eigenvalue weighted by atomic mass is 16.4. The Balaban J connectivity index is 2.23. The fraction of sp³-hybridized carbons (Fsp3) is 0.909. The van der Waals surface area contributed by atoms with Gasteiger partial charge < -0.3 is 21.2 Å². The molecule has 5 nitrogen and oxygen atoms in total. The predicted molar refractivity (Wildman–Crippen MR) is 65.7 cm³/mol. The van der Waals surface area contributed by atoms with Crippen LogP contribution in [0, 0.1) is 5.92 Å². The van der Waals surface area contributed by atoms with Crippen LogP contribution in [0.3, 0.4) is 0 Å². The summed E-state index contributed by atoms with van der Waals surface area (Å²) in [4.78, 5) is 2.36. The van der Waals surface area contributed by atoms with E-state index in [4.69, 9.17) is 10.9 Å². The molecule has 94 valence electrons. The topological polar surface area (TPSA) is 73.9 Å². The second kappa shape index (κ2) is 6.70. The van der Waals surface area contributed by atoms with Crippen LogP contribution < -0.4 is 11.1 Å². The molecule has 0 bridgehead atoms. The minimum Gasteiger partial charge on any atom is -0.409 e. The Morgan fingerprint density at radius 2 is 2.44 bits per heavy atom. The molecule has 1 aliphatic heterocycles. The van der Waals surface area contributed by atoms with Crippen LogP contribution in [0.5, 0.6) is 0 Å². The van der Waals surface area contributed by atoms with Gasteiger partial charge in [-0.1, -0.05) is 12.1 Å². The first-order valence-electron chi connectivity index (χ1n) is 6.04. The molecule has 0 aromatic rings. The Morgan fingerprint density at radius 1 is 1.69 bits per heavy atom. The monoisotopic (exact) mass is 228 g/mol. The third-order valence-corrected chi connectivity index (χ3v) is 3.26. The molecule has 4 N–H and O–H groups in total. The lowest BCUT2D eigenvalue weighted by Crippen LogP contribution is -2.36. The number of hydrogen-bond donors (Lipinski definition) is 3. The number of hydrogen-bond acceptors (Lipinski definition) is 4. The van der Waals surface area contributed by atoms with Crippen LogP contribution in [0.2, 0.25) is 0 Å². The van der Waals surface area contributed by atoms with Gasteiger partial charge in [0, 0.05) is 19.0 Å². The quantitative estimate of drug-likeness (QED) is 0.267. The molecular weight excluding hydrogens is 204 g/mol. The predicted octanol–water partition coefficient (Wildman–Crippen LogP) is 0.443. The van der Waals surface area contributed by atoms with Crippen LogP contribution in [0.1, 0.15) is 26.2 Å². The molecule has 1 aliphatic rings. The van der Waals surface area contributed by atoms with Gasteiger partial charge in [0.15, 0.2) is 0 Å². The van der Waals surface area contributed by atoms with Gasteiger partial charge in [0.05, 0.1) is 0 Å². The van der Waals surface area contributed by atoms with Crippen molar-refractivity contribution < 1.29 is 5.21 Å². The first-order valence-corrected chi connectivity index (χ1v) is 6.04. The molecule has 0 spiro atoms. The minimum atomic E-state index is 0.308. The summed E-state index contributed by atoms with van der Waals surface area (Å²) in [5.74, 6) is 1.05. The summed E-state index contributed by atoms with van der Waals surface area (Å²) in [5, 5.41) is 15.0. The van der Waals surface area contributed by atoms with E-state index in [0.717, 1.165) is 18.9 Å². The fourth-order valence-corrected chi connectivity index (χ4v) is 2.18. The fourth-order valence-electron chi connectivity index (χ4n) is 2.18. The van der Waals surface area contributed by atoms with Crippen molar-refractivity contribution in [3.63, 3.8) is 0 Å². The molecule has 0 aliphatic carbocycles. The highest BCUT2D eigenvalue weighted by Crippen LogP contribution is 2.13. The van der Waals surface area contributed by atoms with Crippen molar-refractivity contribution in [2.45, 2.75) is 32.2 Å². The molecule has 1 rings (SSSR count). The zero-order valence-electron chi connectivity index (χ0n) is 10.3. The van der Waals surface area contributed by atoms with E-state index in [9.17, 15) is 0 Å². The Morgan fingerprint density at radius 3 is 2.94 bits per heavy atom. The van der Waals surface area contributed by atoms with Crippen LogP contribution in [-0.4, -0.2) is 48.7 Å². The van der Waals surface area contributed by atoms with Crippen molar-refractivity contribution in [3.8, 4) is 0 Å². The van der Waals surface area contributed by atoms with Crippen molar-refractivity contribution in [1.82, 2.24) is 10.2 Å². The van der Waals surface area contributed by atoms with Gasteiger partial charge >= 0.3 is 0 Å². The van der Waals surface area contributed by atoms with Crippen molar-refractivity contribution >= 4 is 5.84 Å². The van der Waals surface area contributed by atoms with E-state index in [0.29, 0.717) is 18.3 Å². The van der Waals surface area contributed by atoms with E-state index in [1.807, 2.05) is 0 Å². The van der Waals surface area contributed by atoms with Gasteiger partial charge in [-0.3, -0.25) is 0 Å². The Bertz CT molecular complexity index is 232. The summed E-state index contributed by atoms with van der Waals surface area (Å²) in [7, 11) is 2.16. The zero-order chi connectivity index (χ0) is 12.0. The van der Waals surface area contributed by atoms with Crippen LogP contribution >= 0.6 is 0 Å². The van der Waals surface area contributed by atoms with E-state index in [1.165, 1.54) is 19.5 Å². The molecule has 0 aromatic heterocycles. The van der Waals surface area contributed by atoms with Crippen LogP contribution in [0.15, 0.2) is 5.16 Å². The van der Waals surface area contributed by atoms with Crippen molar-refractivity contribution in [2.24, 2.45) is 16.8 Å². The Labute approximate surface area is 97.7 Å². The minimum absolute atomic E-state index is 0.308. The van der Waals surface area contributed by atoms with Crippen LogP contribution in [0.4, 0.5) is 0 Å². The second-order valence-corrected chi connectivity index (χ2v) is 4.73. The summed E-state index contributed by atoms with van der Waals surface area (Å²) in [6, 6.07) is 0.321. The molecule has 1 saturated heterocycles. The normalized spacial score (nSPS) is 24.9. The van der Waals surface area contributed by atoms with E-state index in [-0.39, 0.29) is 0 Å². The third-order valence-electron chi connectivity index (χ3n) is 3.26. The van der Waals surface area contributed by atoms with Gasteiger partial charge in [0.1, 0.15) is 5.84 Å². The molecule has 0 saturated carbocycles. The molecule has 0 radical (unpaired) electrons. The highest BCUT2D eigenvalue weighted by molar-refractivity contribution is 5.80. The Kier molecular flexibility index (Phi) is 5.55. The van der Waals surface area contributed by atoms with Gasteiger partial charge in [-0.2, -0.15) is 0 Å². The molecule has 0 amide bonds. The van der Waals surface area contributed by atoms with Gasteiger partial charge in [0.25, 0.3) is 0 Å². The summed E-state index contributed by atoms with van der Waals surface area (Å²) in [6.07, 6.45) is 2.89. The number of rotatable bonds is 6. The van der Waals surface area contributed by atoms with Crippen LogP contribution in [-0.2, 0) is 0 Å². The van der Waals surface area contributed by atoms with Crippen LogP contribution in [0.25, 0.3) is 0 Å².